The lowest BCUT2D eigenvalue weighted by Gasteiger charge is -2.29. The first-order valence-electron chi connectivity index (χ1n) is 12.9. The Hall–Kier alpha value is -3.63. The number of urea groups is 1. The van der Waals surface area contributed by atoms with Gasteiger partial charge in [0.05, 0.1) is 26.9 Å². The Balaban J connectivity index is 1.49. The second-order valence-electron chi connectivity index (χ2n) is 9.29. The van der Waals surface area contributed by atoms with Crippen LogP contribution in [0.5, 0.6) is 11.5 Å². The molecule has 8 nitrogen and oxygen atoms in total. The summed E-state index contributed by atoms with van der Waals surface area (Å²) >= 11 is 1.58. The van der Waals surface area contributed by atoms with Crippen molar-refractivity contribution in [2.45, 2.75) is 31.9 Å². The number of hydrogen-bond donors (Lipinski definition) is 1. The van der Waals surface area contributed by atoms with Crippen LogP contribution in [0.2, 0.25) is 0 Å². The zero-order valence-electron chi connectivity index (χ0n) is 22.2. The van der Waals surface area contributed by atoms with Gasteiger partial charge in [0, 0.05) is 30.3 Å². The third-order valence-corrected chi connectivity index (χ3v) is 7.40. The first-order valence-corrected chi connectivity index (χ1v) is 13.8. The summed E-state index contributed by atoms with van der Waals surface area (Å²) in [5.41, 5.74) is 1.32. The predicted molar refractivity (Wildman–Crippen MR) is 149 cm³/mol. The number of thiophene rings is 1. The molecular weight excluding hydrogens is 521 g/mol. The van der Waals surface area contributed by atoms with Gasteiger partial charge in [-0.05, 0) is 66.6 Å². The van der Waals surface area contributed by atoms with Crippen LogP contribution in [0.1, 0.15) is 23.3 Å². The van der Waals surface area contributed by atoms with Crippen LogP contribution >= 0.6 is 11.3 Å². The van der Waals surface area contributed by atoms with Crippen molar-refractivity contribution in [1.29, 1.82) is 0 Å². The number of nitrogens with zero attached hydrogens (tertiary/aromatic N) is 2. The normalized spacial score (nSPS) is 14.6. The van der Waals surface area contributed by atoms with Gasteiger partial charge < -0.3 is 29.3 Å². The van der Waals surface area contributed by atoms with Gasteiger partial charge >= 0.3 is 6.03 Å². The fourth-order valence-corrected chi connectivity index (χ4v) is 5.19. The monoisotopic (exact) mass is 555 g/mol. The van der Waals surface area contributed by atoms with Gasteiger partial charge in [-0.2, -0.15) is 0 Å². The highest BCUT2D eigenvalue weighted by Gasteiger charge is 2.27. The summed E-state index contributed by atoms with van der Waals surface area (Å²) in [4.78, 5) is 31.2. The number of ether oxygens (including phenoxy) is 3. The molecule has 39 heavy (non-hydrogen) atoms. The third-order valence-electron chi connectivity index (χ3n) is 6.54. The highest BCUT2D eigenvalue weighted by Crippen LogP contribution is 2.28. The molecule has 208 valence electrons. The first kappa shape index (κ1) is 28.4. The smallest absolute Gasteiger partial charge is 0.322 e. The van der Waals surface area contributed by atoms with Crippen LogP contribution in [-0.2, 0) is 22.5 Å². The highest BCUT2D eigenvalue weighted by atomic mass is 32.1. The van der Waals surface area contributed by atoms with E-state index in [2.05, 4.69) is 5.32 Å². The molecule has 10 heteroatoms. The molecule has 1 aliphatic rings. The maximum Gasteiger partial charge on any atom is 0.322 e. The van der Waals surface area contributed by atoms with Crippen LogP contribution < -0.4 is 14.8 Å². The van der Waals surface area contributed by atoms with E-state index in [4.69, 9.17) is 14.2 Å². The lowest BCUT2D eigenvalue weighted by Crippen LogP contribution is -2.47. The van der Waals surface area contributed by atoms with Crippen molar-refractivity contribution in [3.8, 4) is 11.5 Å². The summed E-state index contributed by atoms with van der Waals surface area (Å²) in [7, 11) is 3.18. The minimum absolute atomic E-state index is 0.127. The summed E-state index contributed by atoms with van der Waals surface area (Å²) in [5, 5.41) is 4.70. The topological polar surface area (TPSA) is 80.3 Å². The van der Waals surface area contributed by atoms with Gasteiger partial charge in [0.25, 0.3) is 0 Å². The second-order valence-corrected chi connectivity index (χ2v) is 10.3. The molecule has 1 aliphatic heterocycles. The van der Waals surface area contributed by atoms with E-state index in [9.17, 15) is 14.0 Å². The van der Waals surface area contributed by atoms with E-state index >= 15 is 0 Å². The van der Waals surface area contributed by atoms with Crippen molar-refractivity contribution in [2.24, 2.45) is 0 Å². The van der Waals surface area contributed by atoms with Gasteiger partial charge in [-0.15, -0.1) is 11.3 Å². The number of anilines is 1. The Morgan fingerprint density at radius 3 is 2.62 bits per heavy atom. The highest BCUT2D eigenvalue weighted by molar-refractivity contribution is 7.09. The number of carbonyl (C=O) groups excluding carboxylic acids is 2. The summed E-state index contributed by atoms with van der Waals surface area (Å²) in [6.07, 6.45) is 2.18. The van der Waals surface area contributed by atoms with E-state index in [1.807, 2.05) is 35.7 Å². The van der Waals surface area contributed by atoms with Gasteiger partial charge in [0.1, 0.15) is 12.4 Å². The van der Waals surface area contributed by atoms with Crippen LogP contribution in [0, 0.1) is 5.82 Å². The van der Waals surface area contributed by atoms with Gasteiger partial charge in [-0.1, -0.05) is 18.2 Å². The molecule has 2 aromatic carbocycles. The summed E-state index contributed by atoms with van der Waals surface area (Å²) in [6.45, 7) is 1.66. The van der Waals surface area contributed by atoms with E-state index in [0.29, 0.717) is 43.3 Å². The molecule has 2 heterocycles. The fourth-order valence-electron chi connectivity index (χ4n) is 4.47. The van der Waals surface area contributed by atoms with Crippen LogP contribution in [0.15, 0.2) is 60.0 Å². The van der Waals surface area contributed by atoms with Crippen LogP contribution in [0.25, 0.3) is 0 Å². The number of carbonyl (C=O) groups is 2. The molecule has 3 amide bonds. The molecule has 1 unspecified atom stereocenters. The molecule has 0 aliphatic carbocycles. The molecule has 3 aromatic rings. The molecule has 0 radical (unpaired) electrons. The Morgan fingerprint density at radius 2 is 1.92 bits per heavy atom. The number of hydrogen-bond acceptors (Lipinski definition) is 6. The lowest BCUT2D eigenvalue weighted by atomic mass is 10.1. The molecule has 1 aromatic heterocycles. The molecule has 4 rings (SSSR count). The summed E-state index contributed by atoms with van der Waals surface area (Å²) in [5.74, 6) is 0.632. The minimum atomic E-state index is -0.472. The Bertz CT molecular complexity index is 1230. The Labute approximate surface area is 232 Å². The maximum atomic E-state index is 13.7. The predicted octanol–water partition coefficient (Wildman–Crippen LogP) is 5.19. The van der Waals surface area contributed by atoms with Gasteiger partial charge in [-0.25, -0.2) is 9.18 Å². The molecule has 1 fully saturated rings. The molecule has 0 saturated carbocycles. The largest absolute Gasteiger partial charge is 0.493 e. The number of benzene rings is 2. The second kappa shape index (κ2) is 14.0. The molecule has 1 atom stereocenters. The van der Waals surface area contributed by atoms with Crippen LogP contribution in [0.3, 0.4) is 0 Å². The van der Waals surface area contributed by atoms with Gasteiger partial charge in [0.2, 0.25) is 5.91 Å². The zero-order chi connectivity index (χ0) is 27.6. The average Bonchev–Trinajstić information content (AvgIpc) is 3.65. The van der Waals surface area contributed by atoms with Crippen LogP contribution in [0.4, 0.5) is 14.9 Å². The van der Waals surface area contributed by atoms with Crippen LogP contribution in [-0.4, -0.2) is 68.3 Å². The number of methoxy groups -OCH3 is 2. The quantitative estimate of drug-likeness (QED) is 0.333. The SMILES string of the molecule is COc1ccc(CCN(Cc2cccs2)C(=O)CN(CC2CCCO2)C(=O)Nc2cccc(F)c2)cc1OC. The Morgan fingerprint density at radius 1 is 1.08 bits per heavy atom. The van der Waals surface area contributed by atoms with Crippen molar-refractivity contribution in [3.05, 3.63) is 76.2 Å². The van der Waals surface area contributed by atoms with E-state index in [-0.39, 0.29) is 25.1 Å². The van der Waals surface area contributed by atoms with Crippen molar-refractivity contribution in [3.63, 3.8) is 0 Å². The lowest BCUT2D eigenvalue weighted by molar-refractivity contribution is -0.132. The standard InChI is InChI=1S/C29H34FN3O5S/c1-36-26-11-10-21(16-27(26)37-2)12-13-32(19-25-9-5-15-39-25)28(34)20-33(18-24-8-4-14-38-24)29(35)31-23-7-3-6-22(30)17-23/h3,5-7,9-11,15-17,24H,4,8,12-14,18-20H2,1-2H3,(H,31,35). The maximum absolute atomic E-state index is 13.7. The van der Waals surface area contributed by atoms with E-state index in [0.717, 1.165) is 23.3 Å². The number of nitrogens with one attached hydrogen (secondary N) is 1. The third kappa shape index (κ3) is 8.18. The fraction of sp³-hybridized carbons (Fsp3) is 0.379. The number of amides is 3. The zero-order valence-corrected chi connectivity index (χ0v) is 23.0. The minimum Gasteiger partial charge on any atom is -0.493 e. The van der Waals surface area contributed by atoms with Crippen molar-refractivity contribution in [2.75, 3.05) is 45.8 Å². The molecule has 1 saturated heterocycles. The van der Waals surface area contributed by atoms with Gasteiger partial charge in [-0.3, -0.25) is 4.79 Å². The average molecular weight is 556 g/mol. The number of rotatable bonds is 12. The van der Waals surface area contributed by atoms with Crippen molar-refractivity contribution < 1.29 is 28.2 Å². The molecule has 1 N–H and O–H groups in total. The number of halogens is 1. The van der Waals surface area contributed by atoms with E-state index in [1.54, 1.807) is 36.5 Å². The van der Waals surface area contributed by atoms with Crippen molar-refractivity contribution >= 4 is 29.0 Å². The van der Waals surface area contributed by atoms with Crippen molar-refractivity contribution in [1.82, 2.24) is 9.80 Å². The van der Waals surface area contributed by atoms with E-state index in [1.165, 1.54) is 23.1 Å². The van der Waals surface area contributed by atoms with E-state index < -0.39 is 11.8 Å². The summed E-state index contributed by atoms with van der Waals surface area (Å²) in [6, 6.07) is 14.9. The molecular formula is C29H34FN3O5S. The summed E-state index contributed by atoms with van der Waals surface area (Å²) < 4.78 is 30.2. The first-order chi connectivity index (χ1) is 18.9. The van der Waals surface area contributed by atoms with Gasteiger partial charge in [0.15, 0.2) is 11.5 Å². The molecule has 0 spiro atoms. The molecule has 0 bridgehead atoms. The Kier molecular flexibility index (Phi) is 10.2.